The molecule has 0 atom stereocenters. The van der Waals surface area contributed by atoms with Crippen LogP contribution in [0.25, 0.3) is 0 Å². The van der Waals surface area contributed by atoms with Gasteiger partial charge >= 0.3 is 12.2 Å². The number of unbranched alkanes of at least 4 members (excludes halogenated alkanes) is 30. The Morgan fingerprint density at radius 1 is 0.319 bits per heavy atom. The summed E-state index contributed by atoms with van der Waals surface area (Å²) in [5, 5.41) is 5.65. The normalized spacial score (nSPS) is 11.1. The monoisotopic (exact) mass is 667 g/mol. The molecule has 0 aliphatic rings. The summed E-state index contributed by atoms with van der Waals surface area (Å²) in [5.41, 5.74) is 0. The first-order valence-corrected chi connectivity index (χ1v) is 21.0. The molecule has 2 N–H and O–H groups in total. The maximum absolute atomic E-state index is 11.8. The third-order valence-electron chi connectivity index (χ3n) is 9.35. The molecule has 0 heterocycles. The van der Waals surface area contributed by atoms with Crippen LogP contribution in [0.1, 0.15) is 226 Å². The molecule has 0 aromatic rings. The summed E-state index contributed by atoms with van der Waals surface area (Å²) < 4.78 is 10.4. The van der Waals surface area contributed by atoms with Gasteiger partial charge in [-0.15, -0.1) is 0 Å². The van der Waals surface area contributed by atoms with Gasteiger partial charge in [-0.3, -0.25) is 0 Å². The number of carbonyl (C=O) groups excluding carboxylic acids is 2. The van der Waals surface area contributed by atoms with Gasteiger partial charge in [0, 0.05) is 19.5 Å². The maximum Gasteiger partial charge on any atom is 0.407 e. The van der Waals surface area contributed by atoms with E-state index < -0.39 is 0 Å². The van der Waals surface area contributed by atoms with Gasteiger partial charge in [0.05, 0.1) is 13.2 Å². The van der Waals surface area contributed by atoms with Crippen molar-refractivity contribution in [2.45, 2.75) is 226 Å². The van der Waals surface area contributed by atoms with Crippen molar-refractivity contribution in [1.82, 2.24) is 10.6 Å². The molecule has 0 aliphatic carbocycles. The Kier molecular flexibility index (Phi) is 39.4. The van der Waals surface area contributed by atoms with Crippen LogP contribution < -0.4 is 10.6 Å². The molecule has 0 aliphatic heterocycles. The Morgan fingerprint density at radius 3 is 0.766 bits per heavy atom. The number of ether oxygens (including phenoxy) is 2. The number of amides is 2. The Morgan fingerprint density at radius 2 is 0.532 bits per heavy atom. The van der Waals surface area contributed by atoms with E-state index in [0.29, 0.717) is 19.5 Å². The van der Waals surface area contributed by atoms with Crippen LogP contribution in [0.3, 0.4) is 0 Å². The van der Waals surface area contributed by atoms with Crippen molar-refractivity contribution < 1.29 is 19.1 Å². The first-order chi connectivity index (χ1) is 23.2. The number of hydrogen-bond donors (Lipinski definition) is 2. The van der Waals surface area contributed by atoms with E-state index in [4.69, 9.17) is 9.47 Å². The number of hydrogen-bond acceptors (Lipinski definition) is 4. The van der Waals surface area contributed by atoms with Gasteiger partial charge in [0.2, 0.25) is 0 Å². The quantitative estimate of drug-likeness (QED) is 0.0643. The Bertz CT molecular complexity index is 579. The number of alkyl carbamates (subject to hydrolysis) is 2. The molecular formula is C41H82N2O4. The third kappa shape index (κ3) is 40.6. The summed E-state index contributed by atoms with van der Waals surface area (Å²) in [6.45, 7) is 6.41. The molecule has 0 fully saturated rings. The molecule has 6 nitrogen and oxygen atoms in total. The van der Waals surface area contributed by atoms with Crippen LogP contribution in [-0.4, -0.2) is 38.5 Å². The second kappa shape index (κ2) is 40.7. The van der Waals surface area contributed by atoms with Crippen molar-refractivity contribution in [1.29, 1.82) is 0 Å². The average Bonchev–Trinajstić information content (AvgIpc) is 3.07. The van der Waals surface area contributed by atoms with Crippen LogP contribution >= 0.6 is 0 Å². The van der Waals surface area contributed by atoms with E-state index >= 15 is 0 Å². The van der Waals surface area contributed by atoms with Crippen LogP contribution in [0, 0.1) is 0 Å². The average molecular weight is 667 g/mol. The van der Waals surface area contributed by atoms with Crippen molar-refractivity contribution in [2.75, 3.05) is 26.3 Å². The molecule has 0 rings (SSSR count). The van der Waals surface area contributed by atoms with Crippen molar-refractivity contribution in [3.63, 3.8) is 0 Å². The minimum absolute atomic E-state index is 0.261. The minimum atomic E-state index is -0.376. The SMILES string of the molecule is CCCCCCCCCCCCCCCCCCNC(=O)OCCCOC(=O)NCCCCCCCCCCCCCCCCCC. The first kappa shape index (κ1) is 45.5. The first-order valence-electron chi connectivity index (χ1n) is 21.0. The Balaban J connectivity index is 3.24. The molecule has 0 bridgehead atoms. The number of nitrogens with one attached hydrogen (secondary N) is 2. The molecule has 0 saturated carbocycles. The van der Waals surface area contributed by atoms with Crippen LogP contribution in [0.2, 0.25) is 0 Å². The molecular weight excluding hydrogens is 584 g/mol. The smallest absolute Gasteiger partial charge is 0.407 e. The second-order valence-electron chi connectivity index (χ2n) is 14.1. The molecule has 2 amide bonds. The fourth-order valence-corrected chi connectivity index (χ4v) is 6.22. The van der Waals surface area contributed by atoms with Gasteiger partial charge in [-0.25, -0.2) is 9.59 Å². The van der Waals surface area contributed by atoms with Crippen LogP contribution in [0.15, 0.2) is 0 Å². The van der Waals surface area contributed by atoms with E-state index in [1.165, 1.54) is 180 Å². The fourth-order valence-electron chi connectivity index (χ4n) is 6.22. The van der Waals surface area contributed by atoms with Gasteiger partial charge in [-0.05, 0) is 12.8 Å². The van der Waals surface area contributed by atoms with E-state index in [9.17, 15) is 9.59 Å². The van der Waals surface area contributed by atoms with Crippen LogP contribution in [-0.2, 0) is 9.47 Å². The number of carbonyl (C=O) groups is 2. The summed E-state index contributed by atoms with van der Waals surface area (Å²) in [7, 11) is 0. The van der Waals surface area contributed by atoms with Gasteiger partial charge in [0.25, 0.3) is 0 Å². The summed E-state index contributed by atoms with van der Waals surface area (Å²) in [6.07, 6.45) is 42.7. The lowest BCUT2D eigenvalue weighted by molar-refractivity contribution is 0.118. The van der Waals surface area contributed by atoms with E-state index in [1.54, 1.807) is 0 Å². The minimum Gasteiger partial charge on any atom is -0.449 e. The zero-order valence-electron chi connectivity index (χ0n) is 31.8. The molecule has 6 heteroatoms. The highest BCUT2D eigenvalue weighted by Crippen LogP contribution is 2.15. The van der Waals surface area contributed by atoms with Crippen LogP contribution in [0.4, 0.5) is 9.59 Å². The lowest BCUT2D eigenvalue weighted by Crippen LogP contribution is -2.27. The molecule has 280 valence electrons. The summed E-state index contributed by atoms with van der Waals surface area (Å²) in [6, 6.07) is 0. The second-order valence-corrected chi connectivity index (χ2v) is 14.1. The highest BCUT2D eigenvalue weighted by Gasteiger charge is 2.04. The Hall–Kier alpha value is -1.46. The molecule has 0 saturated heterocycles. The molecule has 47 heavy (non-hydrogen) atoms. The van der Waals surface area contributed by atoms with E-state index in [2.05, 4.69) is 24.5 Å². The van der Waals surface area contributed by atoms with E-state index in [-0.39, 0.29) is 25.4 Å². The lowest BCUT2D eigenvalue weighted by Gasteiger charge is -2.09. The van der Waals surface area contributed by atoms with E-state index in [1.807, 2.05) is 0 Å². The lowest BCUT2D eigenvalue weighted by atomic mass is 10.0. The Labute approximate surface area is 293 Å². The zero-order chi connectivity index (χ0) is 34.1. The van der Waals surface area contributed by atoms with E-state index in [0.717, 1.165) is 25.7 Å². The van der Waals surface area contributed by atoms with Gasteiger partial charge in [0.1, 0.15) is 0 Å². The summed E-state index contributed by atoms with van der Waals surface area (Å²) >= 11 is 0. The largest absolute Gasteiger partial charge is 0.449 e. The van der Waals surface area contributed by atoms with Gasteiger partial charge in [-0.2, -0.15) is 0 Å². The fraction of sp³-hybridized carbons (Fsp3) is 0.951. The summed E-state index contributed by atoms with van der Waals surface area (Å²) in [5.74, 6) is 0. The third-order valence-corrected chi connectivity index (χ3v) is 9.35. The van der Waals surface area contributed by atoms with Gasteiger partial charge in [0.15, 0.2) is 0 Å². The van der Waals surface area contributed by atoms with Crippen molar-refractivity contribution in [3.05, 3.63) is 0 Å². The van der Waals surface area contributed by atoms with Crippen molar-refractivity contribution in [3.8, 4) is 0 Å². The molecule has 0 unspecified atom stereocenters. The predicted molar refractivity (Wildman–Crippen MR) is 202 cm³/mol. The maximum atomic E-state index is 11.8. The summed E-state index contributed by atoms with van der Waals surface area (Å²) in [4.78, 5) is 23.7. The highest BCUT2D eigenvalue weighted by molar-refractivity contribution is 5.67. The molecule has 0 aromatic heterocycles. The standard InChI is InChI=1S/C41H82N2O4/c1-3-5-7-9-11-13-15-17-19-21-23-25-27-29-31-33-36-42-40(44)46-38-35-39-47-41(45)43-37-34-32-30-28-26-24-22-20-18-16-14-12-10-8-6-4-2/h3-39H2,1-2H3,(H,42,44)(H,43,45). The molecule has 0 aromatic carbocycles. The van der Waals surface area contributed by atoms with Crippen LogP contribution in [0.5, 0.6) is 0 Å². The molecule has 0 radical (unpaired) electrons. The van der Waals surface area contributed by atoms with Gasteiger partial charge in [-0.1, -0.05) is 206 Å². The van der Waals surface area contributed by atoms with Crippen molar-refractivity contribution in [2.24, 2.45) is 0 Å². The topological polar surface area (TPSA) is 76.7 Å². The highest BCUT2D eigenvalue weighted by atomic mass is 16.6. The van der Waals surface area contributed by atoms with Crippen molar-refractivity contribution >= 4 is 12.2 Å². The predicted octanol–water partition coefficient (Wildman–Crippen LogP) is 13.4. The zero-order valence-corrected chi connectivity index (χ0v) is 31.8. The molecule has 0 spiro atoms. The number of rotatable bonds is 38. The van der Waals surface area contributed by atoms with Gasteiger partial charge < -0.3 is 20.1 Å².